The van der Waals surface area contributed by atoms with Crippen molar-refractivity contribution in [1.82, 2.24) is 20.1 Å². The van der Waals surface area contributed by atoms with Crippen LogP contribution < -0.4 is 16.6 Å². The minimum Gasteiger partial charge on any atom is -0.358 e. The Labute approximate surface area is 173 Å². The molecule has 1 aromatic heterocycles. The highest BCUT2D eigenvalue weighted by Crippen LogP contribution is 2.37. The first kappa shape index (κ1) is 20.1. The number of amides is 1. The number of carbonyl (C=O) groups is 1. The Hall–Kier alpha value is -2.61. The van der Waals surface area contributed by atoms with Crippen LogP contribution in [0.5, 0.6) is 0 Å². The van der Waals surface area contributed by atoms with Crippen molar-refractivity contribution >= 4 is 40.7 Å². The van der Waals surface area contributed by atoms with Crippen molar-refractivity contribution in [1.29, 1.82) is 0 Å². The first-order valence-electron chi connectivity index (χ1n) is 7.97. The molecule has 3 rings (SSSR count). The Morgan fingerprint density at radius 3 is 2.25 bits per heavy atom. The number of nitrogens with one attached hydrogen (secondary N) is 2. The molecule has 0 bridgehead atoms. The molecule has 3 aromatic rings. The van der Waals surface area contributed by atoms with Gasteiger partial charge in [-0.25, -0.2) is 4.79 Å². The predicted octanol–water partition coefficient (Wildman–Crippen LogP) is 2.76. The average Bonchev–Trinajstić information content (AvgIpc) is 2.65. The van der Waals surface area contributed by atoms with E-state index < -0.39 is 17.2 Å². The Morgan fingerprint density at radius 1 is 1.11 bits per heavy atom. The third-order valence-electron chi connectivity index (χ3n) is 4.02. The van der Waals surface area contributed by atoms with E-state index in [1.807, 2.05) is 0 Å². The number of benzene rings is 2. The molecule has 7 nitrogen and oxygen atoms in total. The van der Waals surface area contributed by atoms with Crippen LogP contribution in [0.25, 0.3) is 5.69 Å². The summed E-state index contributed by atoms with van der Waals surface area (Å²) in [6.45, 7) is 0. The number of carbonyl (C=O) groups excluding carboxylic acids is 1. The minimum absolute atomic E-state index is 0.158. The van der Waals surface area contributed by atoms with Gasteiger partial charge >= 0.3 is 5.69 Å². The minimum atomic E-state index is -0.795. The molecule has 0 saturated carbocycles. The normalized spacial score (nSPS) is 11.9. The number of H-pyrrole nitrogens is 1. The molecule has 0 spiro atoms. The molecule has 0 fully saturated rings. The third kappa shape index (κ3) is 3.96. The van der Waals surface area contributed by atoms with Crippen molar-refractivity contribution in [3.05, 3.63) is 89.6 Å². The van der Waals surface area contributed by atoms with Crippen molar-refractivity contribution in [3.63, 3.8) is 0 Å². The molecule has 0 aliphatic carbocycles. The standard InChI is InChI=1S/C18H13Cl3N4O3/c1-22-17(27)15(9-2-4-10(19)5-3-9)16-12(20)6-11(7-13(16)21)25-18(28)24-14(26)8-23-25/h2-8,15H,1H3,(H,22,27)(H,24,26,28). The molecule has 28 heavy (non-hydrogen) atoms. The first-order chi connectivity index (χ1) is 13.3. The zero-order chi connectivity index (χ0) is 20.4. The van der Waals surface area contributed by atoms with Crippen molar-refractivity contribution in [2.45, 2.75) is 5.92 Å². The monoisotopic (exact) mass is 438 g/mol. The number of hydrogen-bond donors (Lipinski definition) is 2. The van der Waals surface area contributed by atoms with Gasteiger partial charge in [-0.15, -0.1) is 0 Å². The van der Waals surface area contributed by atoms with Gasteiger partial charge in [0.1, 0.15) is 6.20 Å². The Morgan fingerprint density at radius 2 is 1.71 bits per heavy atom. The smallest absolute Gasteiger partial charge is 0.349 e. The zero-order valence-corrected chi connectivity index (χ0v) is 16.6. The summed E-state index contributed by atoms with van der Waals surface area (Å²) in [6, 6.07) is 9.62. The topological polar surface area (TPSA) is 96.8 Å². The fourth-order valence-corrected chi connectivity index (χ4v) is 3.57. The van der Waals surface area contributed by atoms with Gasteiger partial charge in [0, 0.05) is 27.7 Å². The number of halogens is 3. The van der Waals surface area contributed by atoms with Gasteiger partial charge in [-0.1, -0.05) is 46.9 Å². The Balaban J connectivity index is 2.17. The second-order valence-corrected chi connectivity index (χ2v) is 7.02. The van der Waals surface area contributed by atoms with Crippen LogP contribution in [0.4, 0.5) is 0 Å². The van der Waals surface area contributed by atoms with Crippen LogP contribution in [-0.2, 0) is 4.79 Å². The van der Waals surface area contributed by atoms with E-state index in [2.05, 4.69) is 15.4 Å². The molecular weight excluding hydrogens is 427 g/mol. The molecule has 0 radical (unpaired) electrons. The Kier molecular flexibility index (Phi) is 5.88. The number of hydrogen-bond acceptors (Lipinski definition) is 4. The van der Waals surface area contributed by atoms with Crippen LogP contribution in [-0.4, -0.2) is 27.7 Å². The molecule has 1 unspecified atom stereocenters. The maximum absolute atomic E-state index is 12.6. The zero-order valence-electron chi connectivity index (χ0n) is 14.4. The quantitative estimate of drug-likeness (QED) is 0.653. The highest BCUT2D eigenvalue weighted by atomic mass is 35.5. The van der Waals surface area contributed by atoms with Gasteiger partial charge in [0.05, 0.1) is 11.6 Å². The summed E-state index contributed by atoms with van der Waals surface area (Å²) in [6.07, 6.45) is 0.957. The number of rotatable bonds is 4. The SMILES string of the molecule is CNC(=O)C(c1ccc(Cl)cc1)c1c(Cl)cc(-n2ncc(=O)[nH]c2=O)cc1Cl. The van der Waals surface area contributed by atoms with E-state index in [0.717, 1.165) is 10.9 Å². The van der Waals surface area contributed by atoms with Crippen LogP contribution in [0.1, 0.15) is 17.0 Å². The van der Waals surface area contributed by atoms with Gasteiger partial charge in [-0.2, -0.15) is 9.78 Å². The molecule has 1 atom stereocenters. The lowest BCUT2D eigenvalue weighted by atomic mass is 9.90. The molecule has 2 N–H and O–H groups in total. The number of aromatic nitrogens is 3. The fourth-order valence-electron chi connectivity index (χ4n) is 2.75. The number of aromatic amines is 1. The molecule has 0 aliphatic rings. The molecule has 0 saturated heterocycles. The van der Waals surface area contributed by atoms with E-state index in [4.69, 9.17) is 34.8 Å². The van der Waals surface area contributed by atoms with E-state index in [-0.39, 0.29) is 21.6 Å². The van der Waals surface area contributed by atoms with Crippen molar-refractivity contribution in [2.75, 3.05) is 7.05 Å². The summed E-state index contributed by atoms with van der Waals surface area (Å²) in [4.78, 5) is 37.9. The third-order valence-corrected chi connectivity index (χ3v) is 4.90. The lowest BCUT2D eigenvalue weighted by Gasteiger charge is -2.20. The summed E-state index contributed by atoms with van der Waals surface area (Å²) < 4.78 is 0.945. The maximum Gasteiger partial charge on any atom is 0.349 e. The fraction of sp³-hybridized carbons (Fsp3) is 0.111. The van der Waals surface area contributed by atoms with Gasteiger partial charge in [0.2, 0.25) is 5.91 Å². The molecule has 2 aromatic carbocycles. The lowest BCUT2D eigenvalue weighted by Crippen LogP contribution is -2.30. The molecule has 0 aliphatic heterocycles. The van der Waals surface area contributed by atoms with Gasteiger partial charge in [-0.05, 0) is 29.8 Å². The van der Waals surface area contributed by atoms with Crippen LogP contribution in [0, 0.1) is 0 Å². The maximum atomic E-state index is 12.6. The van der Waals surface area contributed by atoms with Crippen molar-refractivity contribution in [2.24, 2.45) is 0 Å². The number of nitrogens with zero attached hydrogens (tertiary/aromatic N) is 2. The van der Waals surface area contributed by atoms with E-state index in [1.54, 1.807) is 24.3 Å². The van der Waals surface area contributed by atoms with Crippen LogP contribution >= 0.6 is 34.8 Å². The molecule has 144 valence electrons. The van der Waals surface area contributed by atoms with Crippen molar-refractivity contribution < 1.29 is 4.79 Å². The van der Waals surface area contributed by atoms with Gasteiger partial charge in [0.15, 0.2) is 0 Å². The Bertz CT molecular complexity index is 1130. The van der Waals surface area contributed by atoms with Crippen LogP contribution in [0.2, 0.25) is 15.1 Å². The predicted molar refractivity (Wildman–Crippen MR) is 108 cm³/mol. The molecule has 1 amide bonds. The van der Waals surface area contributed by atoms with Gasteiger partial charge in [-0.3, -0.25) is 14.6 Å². The second kappa shape index (κ2) is 8.18. The number of likely N-dealkylation sites (N-methyl/N-ethyl adjacent to an activating group) is 1. The lowest BCUT2D eigenvalue weighted by molar-refractivity contribution is -0.121. The molecule has 10 heteroatoms. The van der Waals surface area contributed by atoms with Crippen LogP contribution in [0.15, 0.2) is 52.2 Å². The highest BCUT2D eigenvalue weighted by Gasteiger charge is 2.27. The largest absolute Gasteiger partial charge is 0.358 e. The molecule has 1 heterocycles. The summed E-state index contributed by atoms with van der Waals surface area (Å²) in [5, 5.41) is 7.21. The van der Waals surface area contributed by atoms with E-state index in [0.29, 0.717) is 16.1 Å². The van der Waals surface area contributed by atoms with Crippen molar-refractivity contribution in [3.8, 4) is 5.69 Å². The van der Waals surface area contributed by atoms with E-state index >= 15 is 0 Å². The summed E-state index contributed by atoms with van der Waals surface area (Å²) in [7, 11) is 1.51. The van der Waals surface area contributed by atoms with Gasteiger partial charge in [0.25, 0.3) is 5.56 Å². The first-order valence-corrected chi connectivity index (χ1v) is 9.10. The second-order valence-electron chi connectivity index (χ2n) is 5.77. The van der Waals surface area contributed by atoms with Gasteiger partial charge < -0.3 is 5.32 Å². The van der Waals surface area contributed by atoms with E-state index in [9.17, 15) is 14.4 Å². The summed E-state index contributed by atoms with van der Waals surface area (Å²) >= 11 is 18.8. The summed E-state index contributed by atoms with van der Waals surface area (Å²) in [5.41, 5.74) is -0.122. The van der Waals surface area contributed by atoms with Crippen LogP contribution in [0.3, 0.4) is 0 Å². The molecular formula is C18H13Cl3N4O3. The highest BCUT2D eigenvalue weighted by molar-refractivity contribution is 6.37. The van der Waals surface area contributed by atoms with E-state index in [1.165, 1.54) is 19.2 Å². The summed E-state index contributed by atoms with van der Waals surface area (Å²) in [5.74, 6) is -1.12. The average molecular weight is 440 g/mol.